The number of carbonyl (C=O) groups is 1. The van der Waals surface area contributed by atoms with E-state index >= 15 is 0 Å². The molecule has 0 saturated heterocycles. The summed E-state index contributed by atoms with van der Waals surface area (Å²) in [6.07, 6.45) is 9.98. The number of nitrogens with one attached hydrogen (secondary N) is 1. The molecule has 4 heteroatoms. The van der Waals surface area contributed by atoms with Gasteiger partial charge < -0.3 is 5.32 Å². The van der Waals surface area contributed by atoms with Crippen molar-refractivity contribution < 1.29 is 4.79 Å². The monoisotopic (exact) mass is 288 g/mol. The van der Waals surface area contributed by atoms with Crippen LogP contribution in [0.4, 0.5) is 0 Å². The Labute approximate surface area is 124 Å². The lowest BCUT2D eigenvalue weighted by Gasteiger charge is -2.12. The lowest BCUT2D eigenvalue weighted by atomic mass is 9.99. The van der Waals surface area contributed by atoms with Crippen molar-refractivity contribution in [3.05, 3.63) is 58.7 Å². The van der Waals surface area contributed by atoms with Crippen LogP contribution in [-0.4, -0.2) is 24.9 Å². The number of thioether (sulfide) groups is 1. The molecule has 0 amide bonds. The molecule has 106 valence electrons. The molecule has 0 atom stereocenters. The minimum atomic E-state index is 0.0371. The zero-order chi connectivity index (χ0) is 15.1. The summed E-state index contributed by atoms with van der Waals surface area (Å²) >= 11 is 1.18. The summed E-state index contributed by atoms with van der Waals surface area (Å²) in [7, 11) is 3.57. The molecule has 0 unspecified atom stereocenters. The summed E-state index contributed by atoms with van der Waals surface area (Å²) < 4.78 is 0. The molecular formula is C16H20N2OS. The number of hydrogen-bond acceptors (Lipinski definition) is 4. The van der Waals surface area contributed by atoms with E-state index in [1.54, 1.807) is 21.0 Å². The van der Waals surface area contributed by atoms with Crippen LogP contribution in [0.1, 0.15) is 13.8 Å². The van der Waals surface area contributed by atoms with Gasteiger partial charge >= 0.3 is 0 Å². The van der Waals surface area contributed by atoms with Crippen LogP contribution in [0, 0.1) is 0 Å². The van der Waals surface area contributed by atoms with E-state index in [0.29, 0.717) is 0 Å². The molecule has 0 aliphatic heterocycles. The molecule has 0 aromatic rings. The van der Waals surface area contributed by atoms with Crippen molar-refractivity contribution in [2.24, 2.45) is 4.99 Å². The molecule has 20 heavy (non-hydrogen) atoms. The first-order valence-electron chi connectivity index (χ1n) is 6.32. The van der Waals surface area contributed by atoms with Crippen molar-refractivity contribution in [2.45, 2.75) is 13.8 Å². The Bertz CT molecular complexity index is 563. The summed E-state index contributed by atoms with van der Waals surface area (Å²) in [5.41, 5.74) is 3.78. The fourth-order valence-electron chi connectivity index (χ4n) is 1.71. The van der Waals surface area contributed by atoms with Crippen molar-refractivity contribution in [3.8, 4) is 0 Å². The van der Waals surface area contributed by atoms with Gasteiger partial charge in [0.25, 0.3) is 0 Å². The minimum absolute atomic E-state index is 0.0371. The molecule has 0 aromatic carbocycles. The third-order valence-corrected chi connectivity index (χ3v) is 3.63. The zero-order valence-electron chi connectivity index (χ0n) is 12.4. The Morgan fingerprint density at radius 2 is 2.15 bits per heavy atom. The Kier molecular flexibility index (Phi) is 6.25. The van der Waals surface area contributed by atoms with Gasteiger partial charge in [-0.05, 0) is 36.3 Å². The molecule has 0 saturated carbocycles. The van der Waals surface area contributed by atoms with Crippen LogP contribution in [0.3, 0.4) is 0 Å². The van der Waals surface area contributed by atoms with E-state index in [0.717, 1.165) is 27.5 Å². The third kappa shape index (κ3) is 4.38. The van der Waals surface area contributed by atoms with E-state index < -0.39 is 0 Å². The zero-order valence-corrected chi connectivity index (χ0v) is 13.2. The first kappa shape index (κ1) is 16.2. The van der Waals surface area contributed by atoms with Crippen molar-refractivity contribution in [1.82, 2.24) is 5.32 Å². The van der Waals surface area contributed by atoms with Gasteiger partial charge in [-0.3, -0.25) is 9.79 Å². The van der Waals surface area contributed by atoms with Crippen LogP contribution >= 0.6 is 11.8 Å². The molecule has 1 rings (SSSR count). The van der Waals surface area contributed by atoms with Crippen LogP contribution < -0.4 is 5.32 Å². The highest BCUT2D eigenvalue weighted by Gasteiger charge is 2.10. The quantitative estimate of drug-likeness (QED) is 0.806. The Morgan fingerprint density at radius 3 is 2.65 bits per heavy atom. The lowest BCUT2D eigenvalue weighted by Crippen LogP contribution is -2.07. The van der Waals surface area contributed by atoms with E-state index in [9.17, 15) is 4.79 Å². The number of hydrogen-bond donors (Lipinski definition) is 1. The molecule has 0 radical (unpaired) electrons. The first-order chi connectivity index (χ1) is 9.51. The van der Waals surface area contributed by atoms with Crippen LogP contribution in [-0.2, 0) is 4.79 Å². The summed E-state index contributed by atoms with van der Waals surface area (Å²) in [6, 6.07) is 0. The maximum absolute atomic E-state index is 11.3. The van der Waals surface area contributed by atoms with Gasteiger partial charge in [0.05, 0.1) is 5.71 Å². The second kappa shape index (κ2) is 7.70. The lowest BCUT2D eigenvalue weighted by molar-refractivity contribution is -0.109. The van der Waals surface area contributed by atoms with Gasteiger partial charge in [0.2, 0.25) is 0 Å². The Hall–Kier alpha value is -1.81. The van der Waals surface area contributed by atoms with Crippen LogP contribution in [0.2, 0.25) is 0 Å². The predicted octanol–water partition coefficient (Wildman–Crippen LogP) is 3.40. The topological polar surface area (TPSA) is 41.5 Å². The van der Waals surface area contributed by atoms with E-state index in [4.69, 9.17) is 0 Å². The maximum atomic E-state index is 11.3. The molecular weight excluding hydrogens is 268 g/mol. The molecule has 0 heterocycles. The van der Waals surface area contributed by atoms with Gasteiger partial charge in [0.1, 0.15) is 0 Å². The van der Waals surface area contributed by atoms with Crippen molar-refractivity contribution >= 4 is 22.6 Å². The molecule has 0 fully saturated rings. The number of nitrogens with zero attached hydrogens (tertiary/aromatic N) is 1. The average molecular weight is 288 g/mol. The Balaban J connectivity index is 3.12. The van der Waals surface area contributed by atoms with Crippen molar-refractivity contribution in [3.63, 3.8) is 0 Å². The van der Waals surface area contributed by atoms with E-state index in [2.05, 4.69) is 16.9 Å². The summed E-state index contributed by atoms with van der Waals surface area (Å²) in [4.78, 5) is 16.4. The molecule has 0 bridgehead atoms. The van der Waals surface area contributed by atoms with Gasteiger partial charge in [-0.2, -0.15) is 0 Å². The maximum Gasteiger partial charge on any atom is 0.190 e. The fraction of sp³-hybridized carbons (Fsp3) is 0.250. The van der Waals surface area contributed by atoms with Gasteiger partial charge in [0, 0.05) is 31.6 Å². The molecule has 0 aromatic heterocycles. The normalized spacial score (nSPS) is 19.2. The second-order valence-corrected chi connectivity index (χ2v) is 5.38. The SMILES string of the molecule is C=C(NC)/C(=C\C1=CC(=C/C)/C(=NC)C=C1)SC(C)=O. The van der Waals surface area contributed by atoms with Crippen molar-refractivity contribution in [1.29, 1.82) is 0 Å². The molecule has 1 aliphatic carbocycles. The smallest absolute Gasteiger partial charge is 0.190 e. The Morgan fingerprint density at radius 1 is 1.45 bits per heavy atom. The van der Waals surface area contributed by atoms with Gasteiger partial charge in [-0.1, -0.05) is 30.5 Å². The van der Waals surface area contributed by atoms with Crippen molar-refractivity contribution in [2.75, 3.05) is 14.1 Å². The number of carbonyl (C=O) groups excluding carboxylic acids is 1. The number of likely N-dealkylation sites (N-methyl/N-ethyl adjacent to an activating group) is 1. The van der Waals surface area contributed by atoms with E-state index in [1.165, 1.54) is 11.8 Å². The molecule has 1 N–H and O–H groups in total. The summed E-state index contributed by atoms with van der Waals surface area (Å²) in [5, 5.41) is 3.02. The molecule has 1 aliphatic rings. The fourth-order valence-corrected chi connectivity index (χ4v) is 2.44. The molecule has 3 nitrogen and oxygen atoms in total. The van der Waals surface area contributed by atoms with Crippen LogP contribution in [0.15, 0.2) is 63.7 Å². The van der Waals surface area contributed by atoms with Gasteiger partial charge in [-0.15, -0.1) is 0 Å². The summed E-state index contributed by atoms with van der Waals surface area (Å²) in [5.74, 6) is 0. The summed E-state index contributed by atoms with van der Waals surface area (Å²) in [6.45, 7) is 7.45. The highest BCUT2D eigenvalue weighted by molar-refractivity contribution is 8.17. The number of allylic oxidation sites excluding steroid dienone is 7. The van der Waals surface area contributed by atoms with E-state index in [-0.39, 0.29) is 5.12 Å². The molecule has 0 spiro atoms. The second-order valence-electron chi connectivity index (χ2n) is 4.16. The van der Waals surface area contributed by atoms with Crippen LogP contribution in [0.5, 0.6) is 0 Å². The standard InChI is InChI=1S/C16H20N2OS/c1-6-14-9-13(7-8-15(14)18-5)10-16(11(2)17-4)20-12(3)19/h6-10,17H,2H2,1,3-5H3/b14-6-,16-10+,18-15?. The predicted molar refractivity (Wildman–Crippen MR) is 88.9 cm³/mol. The largest absolute Gasteiger partial charge is 0.388 e. The average Bonchev–Trinajstić information content (AvgIpc) is 2.45. The highest BCUT2D eigenvalue weighted by atomic mass is 32.2. The van der Waals surface area contributed by atoms with E-state index in [1.807, 2.05) is 37.3 Å². The first-order valence-corrected chi connectivity index (χ1v) is 7.13. The van der Waals surface area contributed by atoms with Gasteiger partial charge in [-0.25, -0.2) is 0 Å². The van der Waals surface area contributed by atoms with Gasteiger partial charge in [0.15, 0.2) is 5.12 Å². The number of aliphatic imine (C=N–C) groups is 1. The van der Waals surface area contributed by atoms with Crippen LogP contribution in [0.25, 0.3) is 0 Å². The highest BCUT2D eigenvalue weighted by Crippen LogP contribution is 2.26. The minimum Gasteiger partial charge on any atom is -0.388 e. The number of rotatable bonds is 4. The third-order valence-electron chi connectivity index (χ3n) is 2.75.